The average molecular weight is 379 g/mol. The Kier molecular flexibility index (Phi) is 5.36. The number of aromatic nitrogens is 1. The van der Waals surface area contributed by atoms with Crippen molar-refractivity contribution >= 4 is 5.91 Å². The molecule has 5 nitrogen and oxygen atoms in total. The molecular formula is C19H20F3N3O2. The summed E-state index contributed by atoms with van der Waals surface area (Å²) >= 11 is 0. The zero-order valence-corrected chi connectivity index (χ0v) is 14.7. The third kappa shape index (κ3) is 4.57. The van der Waals surface area contributed by atoms with Crippen molar-refractivity contribution in [3.05, 3.63) is 53.7 Å². The lowest BCUT2D eigenvalue weighted by molar-refractivity contribution is -0.137. The summed E-state index contributed by atoms with van der Waals surface area (Å²) < 4.78 is 43.1. The van der Waals surface area contributed by atoms with Crippen LogP contribution in [-0.2, 0) is 6.18 Å². The van der Waals surface area contributed by atoms with Crippen LogP contribution in [0.15, 0.2) is 42.6 Å². The highest BCUT2D eigenvalue weighted by Gasteiger charge is 2.31. The molecule has 0 unspecified atom stereocenters. The van der Waals surface area contributed by atoms with Crippen molar-refractivity contribution in [2.75, 3.05) is 6.54 Å². The third-order valence-electron chi connectivity index (χ3n) is 4.56. The number of nitrogens with zero attached hydrogens (tertiary/aromatic N) is 2. The zero-order valence-electron chi connectivity index (χ0n) is 14.7. The molecule has 2 atom stereocenters. The van der Waals surface area contributed by atoms with Crippen molar-refractivity contribution < 1.29 is 22.7 Å². The molecule has 1 saturated heterocycles. The van der Waals surface area contributed by atoms with Gasteiger partial charge in [0.05, 0.1) is 5.56 Å². The molecule has 2 aromatic rings. The summed E-state index contributed by atoms with van der Waals surface area (Å²) in [5.74, 6) is 0.349. The van der Waals surface area contributed by atoms with Crippen molar-refractivity contribution in [2.24, 2.45) is 5.73 Å². The molecule has 3 rings (SSSR count). The monoisotopic (exact) mass is 379 g/mol. The first-order valence-corrected chi connectivity index (χ1v) is 8.62. The maximum Gasteiger partial charge on any atom is 0.417 e. The molecule has 0 bridgehead atoms. The number of hydrogen-bond donors (Lipinski definition) is 1. The minimum Gasteiger partial charge on any atom is -0.439 e. The molecule has 144 valence electrons. The maximum atomic E-state index is 12.6. The largest absolute Gasteiger partial charge is 0.439 e. The molecule has 1 fully saturated rings. The molecule has 1 aromatic heterocycles. The van der Waals surface area contributed by atoms with Crippen molar-refractivity contribution in [1.29, 1.82) is 0 Å². The number of benzene rings is 1. The number of nitrogens with two attached hydrogens (primary N) is 1. The summed E-state index contributed by atoms with van der Waals surface area (Å²) in [6.07, 6.45) is -2.18. The van der Waals surface area contributed by atoms with Crippen LogP contribution in [0.4, 0.5) is 13.2 Å². The second-order valence-corrected chi connectivity index (χ2v) is 6.64. The van der Waals surface area contributed by atoms with Crippen molar-refractivity contribution in [2.45, 2.75) is 38.0 Å². The third-order valence-corrected chi connectivity index (χ3v) is 4.56. The second-order valence-electron chi connectivity index (χ2n) is 6.64. The fourth-order valence-corrected chi connectivity index (χ4v) is 3.07. The van der Waals surface area contributed by atoms with Crippen LogP contribution in [0.3, 0.4) is 0 Å². The molecule has 1 aromatic carbocycles. The van der Waals surface area contributed by atoms with Crippen LogP contribution in [0.5, 0.6) is 11.6 Å². The predicted molar refractivity (Wildman–Crippen MR) is 93.5 cm³/mol. The van der Waals surface area contributed by atoms with Crippen LogP contribution in [-0.4, -0.2) is 34.4 Å². The standard InChI is InChI=1S/C19H20F3N3O2/c1-12-10-15(23)8-9-25(12)18(26)13-2-5-16(6-3-13)27-17-7-4-14(11-24-17)19(20,21)22/h2-7,11-12,15H,8-10,23H2,1H3/t12-,15-/m0/s1. The number of ether oxygens (including phenoxy) is 1. The molecule has 27 heavy (non-hydrogen) atoms. The number of alkyl halides is 3. The first-order chi connectivity index (χ1) is 12.7. The molecular weight excluding hydrogens is 359 g/mol. The van der Waals surface area contributed by atoms with E-state index < -0.39 is 11.7 Å². The lowest BCUT2D eigenvalue weighted by Crippen LogP contribution is -2.48. The van der Waals surface area contributed by atoms with Gasteiger partial charge in [0.25, 0.3) is 5.91 Å². The Morgan fingerprint density at radius 2 is 1.93 bits per heavy atom. The van der Waals surface area contributed by atoms with Crippen molar-refractivity contribution in [1.82, 2.24) is 9.88 Å². The van der Waals surface area contributed by atoms with E-state index in [1.807, 2.05) is 6.92 Å². The number of halogens is 3. The lowest BCUT2D eigenvalue weighted by Gasteiger charge is -2.36. The summed E-state index contributed by atoms with van der Waals surface area (Å²) in [5, 5.41) is 0. The molecule has 2 heterocycles. The minimum atomic E-state index is -4.44. The van der Waals surface area contributed by atoms with Crippen LogP contribution in [0.1, 0.15) is 35.7 Å². The van der Waals surface area contributed by atoms with Gasteiger partial charge >= 0.3 is 6.18 Å². The number of piperidine rings is 1. The van der Waals surface area contributed by atoms with Crippen LogP contribution in [0.2, 0.25) is 0 Å². The van der Waals surface area contributed by atoms with Crippen molar-refractivity contribution in [3.8, 4) is 11.6 Å². The molecule has 0 saturated carbocycles. The Morgan fingerprint density at radius 3 is 2.48 bits per heavy atom. The van der Waals surface area contributed by atoms with Crippen LogP contribution in [0.25, 0.3) is 0 Å². The fraction of sp³-hybridized carbons (Fsp3) is 0.368. The summed E-state index contributed by atoms with van der Waals surface area (Å²) in [4.78, 5) is 18.1. The number of carbonyl (C=O) groups is 1. The number of likely N-dealkylation sites (tertiary alicyclic amines) is 1. The topological polar surface area (TPSA) is 68.5 Å². The number of amides is 1. The Morgan fingerprint density at radius 1 is 1.22 bits per heavy atom. The van der Waals surface area contributed by atoms with E-state index in [2.05, 4.69) is 4.98 Å². The number of rotatable bonds is 3. The van der Waals surface area contributed by atoms with Gasteiger partial charge in [-0.25, -0.2) is 4.98 Å². The highest BCUT2D eigenvalue weighted by molar-refractivity contribution is 5.94. The van der Waals surface area contributed by atoms with Crippen LogP contribution in [0, 0.1) is 0 Å². The van der Waals surface area contributed by atoms with E-state index in [-0.39, 0.29) is 23.9 Å². The first kappa shape index (κ1) is 19.2. The molecule has 1 aliphatic rings. The Balaban J connectivity index is 1.66. The van der Waals surface area contributed by atoms with E-state index in [9.17, 15) is 18.0 Å². The zero-order chi connectivity index (χ0) is 19.6. The Bertz CT molecular complexity index is 791. The smallest absolute Gasteiger partial charge is 0.417 e. The second kappa shape index (κ2) is 7.56. The maximum absolute atomic E-state index is 12.6. The van der Waals surface area contributed by atoms with Gasteiger partial charge in [-0.15, -0.1) is 0 Å². The average Bonchev–Trinajstić information content (AvgIpc) is 2.61. The summed E-state index contributed by atoms with van der Waals surface area (Å²) in [6.45, 7) is 2.60. The molecule has 1 aliphatic heterocycles. The first-order valence-electron chi connectivity index (χ1n) is 8.62. The van der Waals surface area contributed by atoms with Gasteiger partial charge in [0.15, 0.2) is 0 Å². The van der Waals surface area contributed by atoms with Gasteiger partial charge in [-0.2, -0.15) is 13.2 Å². The van der Waals surface area contributed by atoms with Gasteiger partial charge < -0.3 is 15.4 Å². The Labute approximate surface area is 154 Å². The molecule has 0 aliphatic carbocycles. The molecule has 8 heteroatoms. The lowest BCUT2D eigenvalue weighted by atomic mass is 9.98. The highest BCUT2D eigenvalue weighted by atomic mass is 19.4. The number of carbonyl (C=O) groups excluding carboxylic acids is 1. The molecule has 0 spiro atoms. The van der Waals surface area contributed by atoms with Gasteiger partial charge in [0.1, 0.15) is 5.75 Å². The minimum absolute atomic E-state index is 0.0423. The van der Waals surface area contributed by atoms with Gasteiger partial charge in [-0.05, 0) is 50.1 Å². The summed E-state index contributed by atoms with van der Waals surface area (Å²) in [7, 11) is 0. The van der Waals surface area contributed by atoms with Gasteiger partial charge in [-0.1, -0.05) is 0 Å². The van der Waals surface area contributed by atoms with Crippen LogP contribution >= 0.6 is 0 Å². The van der Waals surface area contributed by atoms with E-state index in [4.69, 9.17) is 10.5 Å². The fourth-order valence-electron chi connectivity index (χ4n) is 3.07. The predicted octanol–water partition coefficient (Wildman–Crippen LogP) is 3.84. The van der Waals surface area contributed by atoms with Gasteiger partial charge in [0, 0.05) is 36.5 Å². The van der Waals surface area contributed by atoms with E-state index in [0.717, 1.165) is 31.2 Å². The van der Waals surface area contributed by atoms with Gasteiger partial charge in [-0.3, -0.25) is 4.79 Å². The SMILES string of the molecule is C[C@H]1C[C@@H](N)CCN1C(=O)c1ccc(Oc2ccc(C(F)(F)F)cn2)cc1. The summed E-state index contributed by atoms with van der Waals surface area (Å²) in [6, 6.07) is 8.69. The number of pyridine rings is 1. The van der Waals surface area contributed by atoms with E-state index in [1.165, 1.54) is 0 Å². The Hall–Kier alpha value is -2.61. The quantitative estimate of drug-likeness (QED) is 0.880. The van der Waals surface area contributed by atoms with Crippen molar-refractivity contribution in [3.63, 3.8) is 0 Å². The molecule has 1 amide bonds. The van der Waals surface area contributed by atoms with E-state index >= 15 is 0 Å². The highest BCUT2D eigenvalue weighted by Crippen LogP contribution is 2.30. The van der Waals surface area contributed by atoms with Crippen LogP contribution < -0.4 is 10.5 Å². The van der Waals surface area contributed by atoms with Gasteiger partial charge in [0.2, 0.25) is 5.88 Å². The summed E-state index contributed by atoms with van der Waals surface area (Å²) in [5.41, 5.74) is 5.61. The normalized spacial score (nSPS) is 20.4. The van der Waals surface area contributed by atoms with E-state index in [1.54, 1.807) is 29.2 Å². The molecule has 2 N–H and O–H groups in total. The number of hydrogen-bond acceptors (Lipinski definition) is 4. The molecule has 0 radical (unpaired) electrons. The van der Waals surface area contributed by atoms with E-state index in [0.29, 0.717) is 17.9 Å².